The van der Waals surface area contributed by atoms with Gasteiger partial charge in [0.2, 0.25) is 15.9 Å². The zero-order valence-electron chi connectivity index (χ0n) is 12.3. The van der Waals surface area contributed by atoms with Crippen molar-refractivity contribution in [3.63, 3.8) is 0 Å². The third-order valence-electron chi connectivity index (χ3n) is 3.81. The topological polar surface area (TPSA) is 76.3 Å². The summed E-state index contributed by atoms with van der Waals surface area (Å²) >= 11 is 5.94. The first-order valence-electron chi connectivity index (χ1n) is 6.94. The van der Waals surface area contributed by atoms with Gasteiger partial charge in [-0.1, -0.05) is 22.8 Å². The normalized spacial score (nSPS) is 19.7. The maximum atomic E-state index is 12.8. The van der Waals surface area contributed by atoms with E-state index in [9.17, 15) is 8.42 Å². The van der Waals surface area contributed by atoms with Gasteiger partial charge in [0.25, 0.3) is 0 Å². The maximum Gasteiger partial charge on any atom is 0.243 e. The zero-order chi connectivity index (χ0) is 15.9. The Morgan fingerprint density at radius 2 is 2.14 bits per heavy atom. The van der Waals surface area contributed by atoms with Crippen LogP contribution in [0, 0.1) is 13.8 Å². The molecule has 1 aliphatic rings. The van der Waals surface area contributed by atoms with E-state index in [1.54, 1.807) is 26.0 Å². The Balaban J connectivity index is 1.86. The first kappa shape index (κ1) is 15.5. The second-order valence-corrected chi connectivity index (χ2v) is 7.78. The molecule has 2 heterocycles. The molecule has 1 saturated heterocycles. The maximum absolute atomic E-state index is 12.8. The van der Waals surface area contributed by atoms with Crippen molar-refractivity contribution in [2.75, 3.05) is 13.1 Å². The van der Waals surface area contributed by atoms with Crippen LogP contribution in [-0.2, 0) is 10.0 Å². The molecule has 2 aromatic rings. The number of aromatic nitrogens is 2. The minimum Gasteiger partial charge on any atom is -0.339 e. The molecule has 0 spiro atoms. The van der Waals surface area contributed by atoms with E-state index in [1.807, 2.05) is 0 Å². The number of benzene rings is 1. The molecule has 118 valence electrons. The summed E-state index contributed by atoms with van der Waals surface area (Å²) in [5.74, 6) is 0.996. The Bertz CT molecular complexity index is 803. The fraction of sp³-hybridized carbons (Fsp3) is 0.429. The number of aryl methyl sites for hydroxylation is 2. The van der Waals surface area contributed by atoms with Gasteiger partial charge in [0.15, 0.2) is 5.82 Å². The van der Waals surface area contributed by atoms with Crippen LogP contribution in [0.3, 0.4) is 0 Å². The van der Waals surface area contributed by atoms with E-state index >= 15 is 0 Å². The fourth-order valence-electron chi connectivity index (χ4n) is 2.62. The van der Waals surface area contributed by atoms with Gasteiger partial charge in [-0.15, -0.1) is 0 Å². The van der Waals surface area contributed by atoms with Gasteiger partial charge in [-0.2, -0.15) is 9.29 Å². The quantitative estimate of drug-likeness (QED) is 0.857. The Morgan fingerprint density at radius 1 is 1.36 bits per heavy atom. The van der Waals surface area contributed by atoms with E-state index in [4.69, 9.17) is 16.1 Å². The van der Waals surface area contributed by atoms with Gasteiger partial charge in [0.05, 0.1) is 10.8 Å². The van der Waals surface area contributed by atoms with Crippen molar-refractivity contribution in [1.29, 1.82) is 0 Å². The summed E-state index contributed by atoms with van der Waals surface area (Å²) in [6.45, 7) is 4.28. The summed E-state index contributed by atoms with van der Waals surface area (Å²) in [6.07, 6.45) is 0.667. The molecule has 0 saturated carbocycles. The lowest BCUT2D eigenvalue weighted by molar-refractivity contribution is 0.351. The molecule has 0 bridgehead atoms. The van der Waals surface area contributed by atoms with Crippen LogP contribution in [0.25, 0.3) is 0 Å². The molecule has 0 N–H and O–H groups in total. The van der Waals surface area contributed by atoms with Crippen molar-refractivity contribution in [3.05, 3.63) is 40.5 Å². The van der Waals surface area contributed by atoms with E-state index < -0.39 is 10.0 Å². The third kappa shape index (κ3) is 2.76. The van der Waals surface area contributed by atoms with Crippen LogP contribution in [0.15, 0.2) is 27.6 Å². The number of hydrogen-bond donors (Lipinski definition) is 0. The Kier molecular flexibility index (Phi) is 3.96. The molecule has 1 aromatic carbocycles. The van der Waals surface area contributed by atoms with Gasteiger partial charge >= 0.3 is 0 Å². The molecule has 8 heteroatoms. The van der Waals surface area contributed by atoms with Crippen molar-refractivity contribution >= 4 is 21.6 Å². The van der Waals surface area contributed by atoms with Crippen molar-refractivity contribution < 1.29 is 12.9 Å². The van der Waals surface area contributed by atoms with Crippen LogP contribution >= 0.6 is 11.6 Å². The molecule has 3 rings (SSSR count). The highest BCUT2D eigenvalue weighted by molar-refractivity contribution is 7.89. The van der Waals surface area contributed by atoms with Crippen molar-refractivity contribution in [3.8, 4) is 0 Å². The molecule has 0 radical (unpaired) electrons. The number of halogens is 1. The van der Waals surface area contributed by atoms with Gasteiger partial charge in [-0.3, -0.25) is 0 Å². The highest BCUT2D eigenvalue weighted by atomic mass is 35.5. The largest absolute Gasteiger partial charge is 0.339 e. The van der Waals surface area contributed by atoms with E-state index in [1.165, 1.54) is 10.4 Å². The summed E-state index contributed by atoms with van der Waals surface area (Å²) in [5, 5.41) is 4.17. The molecule has 22 heavy (non-hydrogen) atoms. The average Bonchev–Trinajstić information content (AvgIpc) is 3.10. The van der Waals surface area contributed by atoms with Crippen LogP contribution in [0.5, 0.6) is 0 Å². The molecule has 1 unspecified atom stereocenters. The highest BCUT2D eigenvalue weighted by Gasteiger charge is 2.36. The van der Waals surface area contributed by atoms with Gasteiger partial charge in [-0.05, 0) is 38.0 Å². The van der Waals surface area contributed by atoms with E-state index in [0.29, 0.717) is 41.8 Å². The van der Waals surface area contributed by atoms with Gasteiger partial charge in [0.1, 0.15) is 0 Å². The Hall–Kier alpha value is -1.44. The first-order chi connectivity index (χ1) is 10.4. The SMILES string of the molecule is Cc1noc(C2CCN(S(=O)(=O)c3cc(Cl)ccc3C)C2)n1. The Morgan fingerprint density at radius 3 is 2.82 bits per heavy atom. The van der Waals surface area contributed by atoms with Crippen molar-refractivity contribution in [2.24, 2.45) is 0 Å². The number of nitrogens with zero attached hydrogens (tertiary/aromatic N) is 3. The number of hydrogen-bond acceptors (Lipinski definition) is 5. The third-order valence-corrected chi connectivity index (χ3v) is 6.05. The predicted molar refractivity (Wildman–Crippen MR) is 81.3 cm³/mol. The van der Waals surface area contributed by atoms with Crippen LogP contribution in [-0.4, -0.2) is 36.0 Å². The van der Waals surface area contributed by atoms with E-state index in [-0.39, 0.29) is 10.8 Å². The second-order valence-electron chi connectivity index (χ2n) is 5.44. The lowest BCUT2D eigenvalue weighted by atomic mass is 10.1. The van der Waals surface area contributed by atoms with Crippen LogP contribution in [0.4, 0.5) is 0 Å². The minimum atomic E-state index is -3.57. The van der Waals surface area contributed by atoms with E-state index in [0.717, 1.165) is 0 Å². The molecule has 1 fully saturated rings. The van der Waals surface area contributed by atoms with Crippen LogP contribution in [0.1, 0.15) is 29.6 Å². The van der Waals surface area contributed by atoms with Gasteiger partial charge in [0, 0.05) is 18.1 Å². The lowest BCUT2D eigenvalue weighted by Crippen LogP contribution is -2.29. The smallest absolute Gasteiger partial charge is 0.243 e. The molecule has 6 nitrogen and oxygen atoms in total. The molecule has 0 amide bonds. The fourth-order valence-corrected chi connectivity index (χ4v) is 4.61. The van der Waals surface area contributed by atoms with Crippen molar-refractivity contribution in [1.82, 2.24) is 14.4 Å². The highest BCUT2D eigenvalue weighted by Crippen LogP contribution is 2.32. The predicted octanol–water partition coefficient (Wildman–Crippen LogP) is 2.52. The molecule has 1 aromatic heterocycles. The monoisotopic (exact) mass is 341 g/mol. The molecule has 1 aliphatic heterocycles. The summed E-state index contributed by atoms with van der Waals surface area (Å²) in [5.41, 5.74) is 0.682. The number of rotatable bonds is 3. The summed E-state index contributed by atoms with van der Waals surface area (Å²) in [6, 6.07) is 4.89. The van der Waals surface area contributed by atoms with Crippen LogP contribution < -0.4 is 0 Å². The van der Waals surface area contributed by atoms with Gasteiger partial charge in [-0.25, -0.2) is 8.42 Å². The summed E-state index contributed by atoms with van der Waals surface area (Å²) < 4.78 is 32.2. The summed E-state index contributed by atoms with van der Waals surface area (Å²) in [4.78, 5) is 4.45. The summed E-state index contributed by atoms with van der Waals surface area (Å²) in [7, 11) is -3.57. The second kappa shape index (κ2) is 5.64. The average molecular weight is 342 g/mol. The minimum absolute atomic E-state index is 0.0598. The first-order valence-corrected chi connectivity index (χ1v) is 8.76. The lowest BCUT2D eigenvalue weighted by Gasteiger charge is -2.17. The Labute approximate surface area is 134 Å². The molecule has 0 aliphatic carbocycles. The molecular weight excluding hydrogens is 326 g/mol. The molecule has 1 atom stereocenters. The van der Waals surface area contributed by atoms with E-state index in [2.05, 4.69) is 10.1 Å². The molecular formula is C14H16ClN3O3S. The van der Waals surface area contributed by atoms with Gasteiger partial charge < -0.3 is 4.52 Å². The van der Waals surface area contributed by atoms with Crippen LogP contribution in [0.2, 0.25) is 5.02 Å². The number of sulfonamides is 1. The van der Waals surface area contributed by atoms with Crippen molar-refractivity contribution in [2.45, 2.75) is 31.1 Å². The standard InChI is InChI=1S/C14H16ClN3O3S/c1-9-3-4-12(15)7-13(9)22(19,20)18-6-5-11(8-18)14-16-10(2)17-21-14/h3-4,7,11H,5-6,8H2,1-2H3. The zero-order valence-corrected chi connectivity index (χ0v) is 13.9.